The Labute approximate surface area is 92.3 Å². The normalized spacial score (nSPS) is 17.0. The Hall–Kier alpha value is 0.200. The van der Waals surface area contributed by atoms with Gasteiger partial charge in [0.1, 0.15) is 0 Å². The molecule has 0 aliphatic heterocycles. The minimum Gasteiger partial charge on any atom is -0.212 e. The van der Waals surface area contributed by atoms with Crippen LogP contribution in [-0.2, 0) is 10.0 Å². The van der Waals surface area contributed by atoms with Crippen molar-refractivity contribution < 1.29 is 8.42 Å². The third kappa shape index (κ3) is 5.17. The minimum atomic E-state index is -3.20. The summed E-state index contributed by atoms with van der Waals surface area (Å²) in [6.45, 7) is 7.49. The highest BCUT2D eigenvalue weighted by Crippen LogP contribution is 2.13. The second-order valence-corrected chi connectivity index (χ2v) is 6.36. The SMILES string of the molecule is CCC(C)(CCl)NS(=O)(=O)CC(C)C. The summed E-state index contributed by atoms with van der Waals surface area (Å²) in [5.41, 5.74) is -0.519. The van der Waals surface area contributed by atoms with Crippen molar-refractivity contribution >= 4 is 21.6 Å². The fourth-order valence-corrected chi connectivity index (χ4v) is 3.31. The molecule has 0 aliphatic carbocycles. The van der Waals surface area contributed by atoms with Gasteiger partial charge < -0.3 is 0 Å². The Bertz CT molecular complexity index is 258. The van der Waals surface area contributed by atoms with E-state index in [-0.39, 0.29) is 11.7 Å². The van der Waals surface area contributed by atoms with Gasteiger partial charge in [0.05, 0.1) is 5.75 Å². The van der Waals surface area contributed by atoms with Gasteiger partial charge in [-0.05, 0) is 19.3 Å². The van der Waals surface area contributed by atoms with Crippen molar-refractivity contribution in [2.24, 2.45) is 5.92 Å². The number of rotatable bonds is 6. The molecular formula is C9H20ClNO2S. The molecule has 86 valence electrons. The second-order valence-electron chi connectivity index (χ2n) is 4.33. The summed E-state index contributed by atoms with van der Waals surface area (Å²) in [6.07, 6.45) is 0.688. The molecule has 3 nitrogen and oxygen atoms in total. The number of hydrogen-bond donors (Lipinski definition) is 1. The summed E-state index contributed by atoms with van der Waals surface area (Å²) in [4.78, 5) is 0. The van der Waals surface area contributed by atoms with E-state index >= 15 is 0 Å². The first-order valence-electron chi connectivity index (χ1n) is 4.82. The third-order valence-corrected chi connectivity index (χ3v) is 4.53. The van der Waals surface area contributed by atoms with E-state index in [4.69, 9.17) is 11.6 Å². The highest BCUT2D eigenvalue weighted by atomic mass is 35.5. The number of halogens is 1. The van der Waals surface area contributed by atoms with E-state index in [1.807, 2.05) is 27.7 Å². The zero-order valence-electron chi connectivity index (χ0n) is 9.30. The standard InChI is InChI=1S/C9H20ClNO2S/c1-5-9(4,7-10)11-14(12,13)6-8(2)3/h8,11H,5-7H2,1-4H3. The van der Waals surface area contributed by atoms with Gasteiger partial charge in [0.25, 0.3) is 0 Å². The van der Waals surface area contributed by atoms with Crippen molar-refractivity contribution in [2.45, 2.75) is 39.7 Å². The number of hydrogen-bond acceptors (Lipinski definition) is 2. The van der Waals surface area contributed by atoms with Gasteiger partial charge in [-0.2, -0.15) is 0 Å². The van der Waals surface area contributed by atoms with Crippen LogP contribution in [0.1, 0.15) is 34.1 Å². The van der Waals surface area contributed by atoms with Gasteiger partial charge >= 0.3 is 0 Å². The fraction of sp³-hybridized carbons (Fsp3) is 1.00. The Morgan fingerprint density at radius 1 is 1.43 bits per heavy atom. The Morgan fingerprint density at radius 2 is 1.93 bits per heavy atom. The van der Waals surface area contributed by atoms with Gasteiger partial charge in [-0.25, -0.2) is 13.1 Å². The molecule has 0 aromatic rings. The maximum absolute atomic E-state index is 11.6. The maximum Gasteiger partial charge on any atom is 0.212 e. The zero-order chi connectivity index (χ0) is 11.4. The number of sulfonamides is 1. The highest BCUT2D eigenvalue weighted by molar-refractivity contribution is 7.89. The van der Waals surface area contributed by atoms with Crippen molar-refractivity contribution in [1.82, 2.24) is 4.72 Å². The van der Waals surface area contributed by atoms with Gasteiger partial charge in [0, 0.05) is 11.4 Å². The van der Waals surface area contributed by atoms with E-state index < -0.39 is 15.6 Å². The molecule has 0 saturated heterocycles. The van der Waals surface area contributed by atoms with Gasteiger partial charge in [-0.3, -0.25) is 0 Å². The van der Waals surface area contributed by atoms with Gasteiger partial charge in [0.2, 0.25) is 10.0 Å². The molecule has 0 aliphatic rings. The molecule has 14 heavy (non-hydrogen) atoms. The van der Waals surface area contributed by atoms with Gasteiger partial charge in [-0.1, -0.05) is 20.8 Å². The molecule has 0 fully saturated rings. The van der Waals surface area contributed by atoms with Crippen molar-refractivity contribution in [1.29, 1.82) is 0 Å². The summed E-state index contributed by atoms with van der Waals surface area (Å²) >= 11 is 5.72. The quantitative estimate of drug-likeness (QED) is 0.723. The topological polar surface area (TPSA) is 46.2 Å². The first-order valence-corrected chi connectivity index (χ1v) is 7.01. The molecule has 1 N–H and O–H groups in total. The van der Waals surface area contributed by atoms with E-state index in [0.717, 1.165) is 0 Å². The van der Waals surface area contributed by atoms with Crippen molar-refractivity contribution in [3.63, 3.8) is 0 Å². The molecule has 0 rings (SSSR count). The van der Waals surface area contributed by atoms with E-state index in [1.54, 1.807) is 0 Å². The predicted octanol–water partition coefficient (Wildman–Crippen LogP) is 1.97. The summed E-state index contributed by atoms with van der Waals surface area (Å²) in [7, 11) is -3.20. The Balaban J connectivity index is 4.49. The molecule has 0 amide bonds. The molecule has 0 bridgehead atoms. The lowest BCUT2D eigenvalue weighted by molar-refractivity contribution is 0.442. The molecule has 0 spiro atoms. The maximum atomic E-state index is 11.6. The molecular weight excluding hydrogens is 222 g/mol. The average molecular weight is 242 g/mol. The van der Waals surface area contributed by atoms with E-state index in [9.17, 15) is 8.42 Å². The largest absolute Gasteiger partial charge is 0.212 e. The van der Waals surface area contributed by atoms with Crippen LogP contribution in [0.25, 0.3) is 0 Å². The van der Waals surface area contributed by atoms with Crippen LogP contribution in [0.3, 0.4) is 0 Å². The van der Waals surface area contributed by atoms with Crippen LogP contribution in [0.4, 0.5) is 0 Å². The monoisotopic (exact) mass is 241 g/mol. The van der Waals surface area contributed by atoms with E-state index in [1.165, 1.54) is 0 Å². The second kappa shape index (κ2) is 5.33. The smallest absolute Gasteiger partial charge is 0.212 e. The molecule has 5 heteroatoms. The summed E-state index contributed by atoms with van der Waals surface area (Å²) in [5.74, 6) is 0.573. The number of nitrogens with one attached hydrogen (secondary N) is 1. The zero-order valence-corrected chi connectivity index (χ0v) is 10.9. The molecule has 1 atom stereocenters. The highest BCUT2D eigenvalue weighted by Gasteiger charge is 2.27. The molecule has 0 radical (unpaired) electrons. The van der Waals surface area contributed by atoms with Crippen LogP contribution >= 0.6 is 11.6 Å². The number of alkyl halides is 1. The molecule has 0 aromatic heterocycles. The first-order chi connectivity index (χ1) is 6.24. The van der Waals surface area contributed by atoms with Crippen LogP contribution in [0.15, 0.2) is 0 Å². The third-order valence-electron chi connectivity index (χ3n) is 2.03. The minimum absolute atomic E-state index is 0.129. The lowest BCUT2D eigenvalue weighted by Gasteiger charge is -2.27. The molecule has 0 saturated carbocycles. The average Bonchev–Trinajstić information content (AvgIpc) is 2.01. The first kappa shape index (κ1) is 14.2. The lowest BCUT2D eigenvalue weighted by atomic mass is 10.0. The Kier molecular flexibility index (Phi) is 5.41. The summed E-state index contributed by atoms with van der Waals surface area (Å²) < 4.78 is 25.8. The molecule has 0 aromatic carbocycles. The van der Waals surface area contributed by atoms with Gasteiger partial charge in [0.15, 0.2) is 0 Å². The molecule has 0 heterocycles. The van der Waals surface area contributed by atoms with Crippen LogP contribution in [0, 0.1) is 5.92 Å². The van der Waals surface area contributed by atoms with Crippen molar-refractivity contribution in [3.8, 4) is 0 Å². The van der Waals surface area contributed by atoms with E-state index in [2.05, 4.69) is 4.72 Å². The van der Waals surface area contributed by atoms with Gasteiger partial charge in [-0.15, -0.1) is 11.6 Å². The molecule has 1 unspecified atom stereocenters. The lowest BCUT2D eigenvalue weighted by Crippen LogP contribution is -2.48. The van der Waals surface area contributed by atoms with Crippen molar-refractivity contribution in [3.05, 3.63) is 0 Å². The van der Waals surface area contributed by atoms with Crippen molar-refractivity contribution in [2.75, 3.05) is 11.6 Å². The fourth-order valence-electron chi connectivity index (χ4n) is 1.05. The van der Waals surface area contributed by atoms with Crippen LogP contribution in [-0.4, -0.2) is 25.6 Å². The Morgan fingerprint density at radius 3 is 2.21 bits per heavy atom. The summed E-state index contributed by atoms with van der Waals surface area (Å²) in [6, 6.07) is 0. The van der Waals surface area contributed by atoms with Crippen LogP contribution < -0.4 is 4.72 Å². The van der Waals surface area contributed by atoms with Crippen LogP contribution in [0.2, 0.25) is 0 Å². The summed E-state index contributed by atoms with van der Waals surface area (Å²) in [5, 5.41) is 0. The van der Waals surface area contributed by atoms with E-state index in [0.29, 0.717) is 12.3 Å². The van der Waals surface area contributed by atoms with Crippen LogP contribution in [0.5, 0.6) is 0 Å². The predicted molar refractivity (Wildman–Crippen MR) is 61.2 cm³/mol.